The molecule has 1 unspecified atom stereocenters. The summed E-state index contributed by atoms with van der Waals surface area (Å²) in [6, 6.07) is 6.11. The van der Waals surface area contributed by atoms with Crippen LogP contribution in [0.1, 0.15) is 51.5 Å². The maximum Gasteiger partial charge on any atom is 0.127 e. The molecular formula is C14H20ClN3. The van der Waals surface area contributed by atoms with Gasteiger partial charge in [-0.2, -0.15) is 0 Å². The maximum atomic E-state index is 6.23. The summed E-state index contributed by atoms with van der Waals surface area (Å²) >= 11 is 6.07. The molecule has 98 valence electrons. The molecule has 0 aliphatic heterocycles. The van der Waals surface area contributed by atoms with Crippen LogP contribution in [-0.2, 0) is 0 Å². The first kappa shape index (κ1) is 13.4. The zero-order valence-electron chi connectivity index (χ0n) is 11.2. The van der Waals surface area contributed by atoms with E-state index in [0.29, 0.717) is 6.04 Å². The van der Waals surface area contributed by atoms with Crippen molar-refractivity contribution in [3.8, 4) is 0 Å². The third-order valence-corrected chi connectivity index (χ3v) is 3.36. The van der Waals surface area contributed by atoms with Gasteiger partial charge < -0.3 is 10.3 Å². The molecule has 18 heavy (non-hydrogen) atoms. The zero-order valence-corrected chi connectivity index (χ0v) is 11.9. The van der Waals surface area contributed by atoms with Crippen molar-refractivity contribution in [2.45, 2.75) is 45.7 Å². The fourth-order valence-electron chi connectivity index (χ4n) is 2.33. The van der Waals surface area contributed by atoms with Crippen LogP contribution in [0.15, 0.2) is 18.2 Å². The molecule has 0 fully saturated rings. The first-order valence-electron chi connectivity index (χ1n) is 6.47. The van der Waals surface area contributed by atoms with Gasteiger partial charge in [-0.1, -0.05) is 24.9 Å². The molecule has 0 aliphatic carbocycles. The number of hydrogen-bond donors (Lipinski definition) is 1. The molecule has 0 aliphatic rings. The third kappa shape index (κ3) is 2.38. The van der Waals surface area contributed by atoms with E-state index in [9.17, 15) is 0 Å². The van der Waals surface area contributed by atoms with Crippen molar-refractivity contribution in [1.82, 2.24) is 9.55 Å². The molecule has 2 rings (SSSR count). The Labute approximate surface area is 113 Å². The van der Waals surface area contributed by atoms with Crippen LogP contribution in [0, 0.1) is 0 Å². The molecule has 0 bridgehead atoms. The van der Waals surface area contributed by atoms with E-state index in [1.54, 1.807) is 0 Å². The highest BCUT2D eigenvalue weighted by atomic mass is 35.5. The molecule has 1 aromatic heterocycles. The standard InChI is InChI=1S/C14H20ClN3/c1-4-5-11(16)14-17-12-7-6-10(15)8-13(12)18(14)9(2)3/h6-9,11H,4-5,16H2,1-3H3. The summed E-state index contributed by atoms with van der Waals surface area (Å²) in [5, 5.41) is 0.736. The molecule has 1 atom stereocenters. The van der Waals surface area contributed by atoms with Crippen LogP contribution < -0.4 is 5.73 Å². The van der Waals surface area contributed by atoms with E-state index >= 15 is 0 Å². The quantitative estimate of drug-likeness (QED) is 0.906. The van der Waals surface area contributed by atoms with Gasteiger partial charge in [0.1, 0.15) is 5.82 Å². The number of nitrogens with two attached hydrogens (primary N) is 1. The molecule has 0 spiro atoms. The largest absolute Gasteiger partial charge is 0.324 e. The van der Waals surface area contributed by atoms with Gasteiger partial charge in [0.05, 0.1) is 17.1 Å². The predicted octanol–water partition coefficient (Wildman–Crippen LogP) is 4.07. The number of nitrogens with zero attached hydrogens (tertiary/aromatic N) is 2. The molecule has 2 aromatic rings. The summed E-state index contributed by atoms with van der Waals surface area (Å²) in [6.07, 6.45) is 2.01. The van der Waals surface area contributed by atoms with Gasteiger partial charge in [-0.15, -0.1) is 0 Å². The van der Waals surface area contributed by atoms with E-state index in [1.807, 2.05) is 18.2 Å². The van der Waals surface area contributed by atoms with E-state index in [2.05, 4.69) is 30.3 Å². The molecule has 2 N–H and O–H groups in total. The lowest BCUT2D eigenvalue weighted by atomic mass is 10.1. The third-order valence-electron chi connectivity index (χ3n) is 3.13. The minimum Gasteiger partial charge on any atom is -0.324 e. The summed E-state index contributed by atoms with van der Waals surface area (Å²) in [5.41, 5.74) is 8.27. The smallest absolute Gasteiger partial charge is 0.127 e. The number of benzene rings is 1. The van der Waals surface area contributed by atoms with Crippen molar-refractivity contribution >= 4 is 22.6 Å². The summed E-state index contributed by atoms with van der Waals surface area (Å²) in [6.45, 7) is 6.42. The second-order valence-corrected chi connectivity index (χ2v) is 5.40. The lowest BCUT2D eigenvalue weighted by Crippen LogP contribution is -2.17. The topological polar surface area (TPSA) is 43.8 Å². The van der Waals surface area contributed by atoms with Crippen LogP contribution >= 0.6 is 11.6 Å². The van der Waals surface area contributed by atoms with E-state index in [-0.39, 0.29) is 6.04 Å². The second kappa shape index (κ2) is 5.29. The highest BCUT2D eigenvalue weighted by Crippen LogP contribution is 2.27. The molecule has 0 radical (unpaired) electrons. The lowest BCUT2D eigenvalue weighted by Gasteiger charge is -2.17. The normalized spacial score (nSPS) is 13.4. The Morgan fingerprint density at radius 2 is 2.11 bits per heavy atom. The van der Waals surface area contributed by atoms with Crippen molar-refractivity contribution < 1.29 is 0 Å². The summed E-state index contributed by atoms with van der Waals surface area (Å²) in [4.78, 5) is 4.67. The first-order chi connectivity index (χ1) is 8.54. The van der Waals surface area contributed by atoms with Gasteiger partial charge in [0.15, 0.2) is 0 Å². The van der Waals surface area contributed by atoms with Crippen LogP contribution in [0.5, 0.6) is 0 Å². The minimum absolute atomic E-state index is 0.0106. The fourth-order valence-corrected chi connectivity index (χ4v) is 2.50. The van der Waals surface area contributed by atoms with Gasteiger partial charge in [-0.05, 0) is 38.5 Å². The van der Waals surface area contributed by atoms with Crippen molar-refractivity contribution in [3.63, 3.8) is 0 Å². The number of halogens is 1. The van der Waals surface area contributed by atoms with Crippen molar-refractivity contribution in [1.29, 1.82) is 0 Å². The van der Waals surface area contributed by atoms with E-state index in [4.69, 9.17) is 17.3 Å². The number of fused-ring (bicyclic) bond motifs is 1. The van der Waals surface area contributed by atoms with Crippen molar-refractivity contribution in [2.75, 3.05) is 0 Å². The van der Waals surface area contributed by atoms with Crippen LogP contribution in [0.4, 0.5) is 0 Å². The Morgan fingerprint density at radius 1 is 1.39 bits per heavy atom. The monoisotopic (exact) mass is 265 g/mol. The lowest BCUT2D eigenvalue weighted by molar-refractivity contribution is 0.520. The first-order valence-corrected chi connectivity index (χ1v) is 6.85. The molecule has 4 heteroatoms. The molecule has 0 amide bonds. The summed E-state index contributed by atoms with van der Waals surface area (Å²) < 4.78 is 2.20. The Morgan fingerprint density at radius 3 is 2.72 bits per heavy atom. The number of rotatable bonds is 4. The van der Waals surface area contributed by atoms with Gasteiger partial charge >= 0.3 is 0 Å². The Hall–Kier alpha value is -1.06. The Kier molecular flexibility index (Phi) is 3.93. The summed E-state index contributed by atoms with van der Waals surface area (Å²) in [7, 11) is 0. The minimum atomic E-state index is -0.0106. The van der Waals surface area contributed by atoms with E-state index in [1.165, 1.54) is 0 Å². The van der Waals surface area contributed by atoms with Gasteiger partial charge in [0.25, 0.3) is 0 Å². The highest BCUT2D eigenvalue weighted by molar-refractivity contribution is 6.31. The predicted molar refractivity (Wildman–Crippen MR) is 77.0 cm³/mol. The van der Waals surface area contributed by atoms with Gasteiger partial charge in [0.2, 0.25) is 0 Å². The van der Waals surface area contributed by atoms with Crippen LogP contribution in [0.25, 0.3) is 11.0 Å². The molecule has 1 aromatic carbocycles. The van der Waals surface area contributed by atoms with Gasteiger partial charge in [0, 0.05) is 11.1 Å². The van der Waals surface area contributed by atoms with Crippen LogP contribution in [-0.4, -0.2) is 9.55 Å². The van der Waals surface area contributed by atoms with Crippen molar-refractivity contribution in [3.05, 3.63) is 29.0 Å². The molecule has 3 nitrogen and oxygen atoms in total. The number of aromatic nitrogens is 2. The number of hydrogen-bond acceptors (Lipinski definition) is 2. The molecular weight excluding hydrogens is 246 g/mol. The van der Waals surface area contributed by atoms with Gasteiger partial charge in [-0.25, -0.2) is 4.98 Å². The molecule has 0 saturated carbocycles. The number of imidazole rings is 1. The maximum absolute atomic E-state index is 6.23. The van der Waals surface area contributed by atoms with Gasteiger partial charge in [-0.3, -0.25) is 0 Å². The molecule has 0 saturated heterocycles. The highest BCUT2D eigenvalue weighted by Gasteiger charge is 2.18. The van der Waals surface area contributed by atoms with E-state index < -0.39 is 0 Å². The van der Waals surface area contributed by atoms with E-state index in [0.717, 1.165) is 34.7 Å². The average molecular weight is 266 g/mol. The second-order valence-electron chi connectivity index (χ2n) is 4.96. The summed E-state index contributed by atoms with van der Waals surface area (Å²) in [5.74, 6) is 0.962. The fraction of sp³-hybridized carbons (Fsp3) is 0.500. The zero-order chi connectivity index (χ0) is 13.3. The Bertz CT molecular complexity index is 545. The van der Waals surface area contributed by atoms with Crippen LogP contribution in [0.2, 0.25) is 5.02 Å². The van der Waals surface area contributed by atoms with Crippen LogP contribution in [0.3, 0.4) is 0 Å². The molecule has 1 heterocycles. The van der Waals surface area contributed by atoms with Crippen molar-refractivity contribution in [2.24, 2.45) is 5.73 Å². The Balaban J connectivity index is 2.61. The SMILES string of the molecule is CCCC(N)c1nc2ccc(Cl)cc2n1C(C)C. The average Bonchev–Trinajstić information content (AvgIpc) is 2.67.